The van der Waals surface area contributed by atoms with Crippen molar-refractivity contribution in [3.63, 3.8) is 0 Å². The summed E-state index contributed by atoms with van der Waals surface area (Å²) in [5.74, 6) is -0.357. The molecule has 1 aromatic heterocycles. The molecule has 1 saturated carbocycles. The molecule has 2 aliphatic rings. The van der Waals surface area contributed by atoms with E-state index in [1.54, 1.807) is 6.07 Å². The minimum atomic E-state index is -3.52. The highest BCUT2D eigenvalue weighted by Crippen LogP contribution is 2.35. The maximum Gasteiger partial charge on any atom is 0.293 e. The molecule has 1 aliphatic carbocycles. The van der Waals surface area contributed by atoms with Crippen molar-refractivity contribution in [3.8, 4) is 0 Å². The predicted octanol–water partition coefficient (Wildman–Crippen LogP) is 2.62. The summed E-state index contributed by atoms with van der Waals surface area (Å²) in [5, 5.41) is 7.37. The molecule has 0 unspecified atom stereocenters. The van der Waals surface area contributed by atoms with Crippen molar-refractivity contribution in [3.05, 3.63) is 65.4 Å². The molecule has 0 saturated heterocycles. The van der Waals surface area contributed by atoms with Gasteiger partial charge in [-0.3, -0.25) is 13.9 Å². The summed E-state index contributed by atoms with van der Waals surface area (Å²) in [5.41, 5.74) is 3.73. The van der Waals surface area contributed by atoms with Crippen LogP contribution in [0.2, 0.25) is 0 Å². The van der Waals surface area contributed by atoms with E-state index < -0.39 is 22.2 Å². The quantitative estimate of drug-likeness (QED) is 0.363. The lowest BCUT2D eigenvalue weighted by atomic mass is 9.99. The van der Waals surface area contributed by atoms with E-state index in [1.165, 1.54) is 11.4 Å². The number of sulfonamides is 1. The minimum Gasteiger partial charge on any atom is -0.461 e. The molecule has 2 N–H and O–H groups in total. The number of aryl methyl sites for hydroxylation is 2. The summed E-state index contributed by atoms with van der Waals surface area (Å²) in [6.45, 7) is 3.26. The number of hydrogen-bond acceptors (Lipinski definition) is 6. The molecule has 0 spiro atoms. The zero-order valence-corrected chi connectivity index (χ0v) is 22.5. The van der Waals surface area contributed by atoms with Gasteiger partial charge in [0.15, 0.2) is 0 Å². The second-order valence-corrected chi connectivity index (χ2v) is 12.2. The maximum absolute atomic E-state index is 13.7. The summed E-state index contributed by atoms with van der Waals surface area (Å²) in [4.78, 5) is 25.1. The lowest BCUT2D eigenvalue weighted by Gasteiger charge is -2.27. The number of rotatable bonds is 11. The number of anilines is 1. The van der Waals surface area contributed by atoms with Gasteiger partial charge in [-0.2, -0.15) is 0 Å². The second-order valence-electron chi connectivity index (χ2n) is 10.1. The lowest BCUT2D eigenvalue weighted by Crippen LogP contribution is -2.50. The summed E-state index contributed by atoms with van der Waals surface area (Å²) in [7, 11) is -1.99. The van der Waals surface area contributed by atoms with Gasteiger partial charge in [-0.1, -0.05) is 37.3 Å². The molecule has 0 radical (unpaired) electrons. The van der Waals surface area contributed by atoms with Gasteiger partial charge in [0, 0.05) is 43.3 Å². The molecular formula is C28H34N4O5S. The standard InChI is InChI=1S/C28H34N4O5S/c1-3-20-17-32-11-12-38(35,36)31(2)25-15-21(14-23(20)27(25)32)28(34)30-24(13-19-7-5-4-6-8-19)26(37-18-33)16-29-22-9-10-22/h4-8,14-15,17-18,22,24,26,29H,3,9-13,16H2,1-2H3,(H,30,34)/t24-,26+/m0/s1. The lowest BCUT2D eigenvalue weighted by molar-refractivity contribution is -0.134. The molecule has 2 aromatic carbocycles. The first-order chi connectivity index (χ1) is 18.3. The van der Waals surface area contributed by atoms with E-state index >= 15 is 0 Å². The highest BCUT2D eigenvalue weighted by atomic mass is 32.2. The minimum absolute atomic E-state index is 0.00942. The summed E-state index contributed by atoms with van der Waals surface area (Å²) < 4.78 is 34.5. The molecule has 5 rings (SSSR count). The third-order valence-corrected chi connectivity index (χ3v) is 9.23. The first kappa shape index (κ1) is 26.2. The number of nitrogens with zero attached hydrogens (tertiary/aromatic N) is 2. The first-order valence-electron chi connectivity index (χ1n) is 13.1. The van der Waals surface area contributed by atoms with Crippen LogP contribution in [0.25, 0.3) is 10.9 Å². The second kappa shape index (κ2) is 10.8. The van der Waals surface area contributed by atoms with Gasteiger partial charge in [0.1, 0.15) is 6.10 Å². The normalized spacial score (nSPS) is 18.0. The van der Waals surface area contributed by atoms with Crippen molar-refractivity contribution in [2.45, 2.75) is 57.3 Å². The third-order valence-electron chi connectivity index (χ3n) is 7.50. The molecule has 2 heterocycles. The molecule has 9 nitrogen and oxygen atoms in total. The van der Waals surface area contributed by atoms with Crippen LogP contribution in [0, 0.1) is 0 Å². The topological polar surface area (TPSA) is 110 Å². The Morgan fingerprint density at radius 2 is 1.97 bits per heavy atom. The molecule has 202 valence electrons. The van der Waals surface area contributed by atoms with Crippen LogP contribution in [0.1, 0.15) is 41.3 Å². The van der Waals surface area contributed by atoms with E-state index in [-0.39, 0.29) is 11.7 Å². The van der Waals surface area contributed by atoms with Crippen LogP contribution >= 0.6 is 0 Å². The number of carbonyl (C=O) groups is 2. The summed E-state index contributed by atoms with van der Waals surface area (Å²) >= 11 is 0. The Hall–Kier alpha value is -3.37. The Kier molecular flexibility index (Phi) is 7.45. The van der Waals surface area contributed by atoms with Crippen LogP contribution in [0.15, 0.2) is 48.7 Å². The Labute approximate surface area is 223 Å². The largest absolute Gasteiger partial charge is 0.461 e. The van der Waals surface area contributed by atoms with Crippen LogP contribution in [0.3, 0.4) is 0 Å². The van der Waals surface area contributed by atoms with E-state index in [9.17, 15) is 18.0 Å². The maximum atomic E-state index is 13.7. The predicted molar refractivity (Wildman–Crippen MR) is 147 cm³/mol. The molecule has 1 aliphatic heterocycles. The number of ether oxygens (including phenoxy) is 1. The Morgan fingerprint density at radius 1 is 1.21 bits per heavy atom. The third kappa shape index (κ3) is 5.42. The fourth-order valence-corrected chi connectivity index (χ4v) is 6.28. The molecular weight excluding hydrogens is 504 g/mol. The Balaban J connectivity index is 1.50. The van der Waals surface area contributed by atoms with Gasteiger partial charge in [-0.15, -0.1) is 0 Å². The number of aromatic nitrogens is 1. The van der Waals surface area contributed by atoms with E-state index in [1.807, 2.05) is 54.1 Å². The first-order valence-corrected chi connectivity index (χ1v) is 14.7. The highest BCUT2D eigenvalue weighted by molar-refractivity contribution is 7.92. The number of nitrogens with one attached hydrogen (secondary N) is 2. The molecule has 1 fully saturated rings. The van der Waals surface area contributed by atoms with Gasteiger partial charge < -0.3 is 19.9 Å². The molecule has 10 heteroatoms. The van der Waals surface area contributed by atoms with E-state index in [2.05, 4.69) is 10.6 Å². The van der Waals surface area contributed by atoms with Crippen LogP contribution < -0.4 is 14.9 Å². The fourth-order valence-electron chi connectivity index (χ4n) is 5.14. The van der Waals surface area contributed by atoms with Gasteiger partial charge in [0.2, 0.25) is 10.0 Å². The highest BCUT2D eigenvalue weighted by Gasteiger charge is 2.31. The smallest absolute Gasteiger partial charge is 0.293 e. The van der Waals surface area contributed by atoms with Crippen molar-refractivity contribution in [2.24, 2.45) is 0 Å². The average molecular weight is 539 g/mol. The Bertz CT molecular complexity index is 1430. The molecule has 2 atom stereocenters. The molecule has 38 heavy (non-hydrogen) atoms. The molecule has 3 aromatic rings. The van der Waals surface area contributed by atoms with Gasteiger partial charge in [-0.05, 0) is 48.9 Å². The van der Waals surface area contributed by atoms with Crippen LogP contribution in [0.4, 0.5) is 5.69 Å². The fraction of sp³-hybridized carbons (Fsp3) is 0.429. The average Bonchev–Trinajstić information content (AvgIpc) is 3.69. The van der Waals surface area contributed by atoms with Crippen molar-refractivity contribution in [1.29, 1.82) is 0 Å². The van der Waals surface area contributed by atoms with E-state index in [4.69, 9.17) is 4.74 Å². The number of carbonyl (C=O) groups excluding carboxylic acids is 2. The van der Waals surface area contributed by atoms with Crippen LogP contribution in [-0.2, 0) is 38.9 Å². The number of hydrogen-bond donors (Lipinski definition) is 2. The van der Waals surface area contributed by atoms with Crippen molar-refractivity contribution in [2.75, 3.05) is 23.7 Å². The van der Waals surface area contributed by atoms with Crippen LogP contribution in [-0.4, -0.2) is 62.9 Å². The van der Waals surface area contributed by atoms with E-state index in [0.29, 0.717) is 43.3 Å². The SMILES string of the molecule is CCc1cn2c3c(cc(C(=O)N[C@@H](Cc4ccccc4)[C@@H](CNC4CC4)OC=O)cc13)N(C)S(=O)(=O)CC2. The zero-order chi connectivity index (χ0) is 26.9. The monoisotopic (exact) mass is 538 g/mol. The van der Waals surface area contributed by atoms with Crippen LogP contribution in [0.5, 0.6) is 0 Å². The van der Waals surface area contributed by atoms with Gasteiger partial charge >= 0.3 is 0 Å². The Morgan fingerprint density at radius 3 is 2.66 bits per heavy atom. The van der Waals surface area contributed by atoms with Gasteiger partial charge in [0.05, 0.1) is 23.0 Å². The molecule has 1 amide bonds. The molecule has 0 bridgehead atoms. The van der Waals surface area contributed by atoms with Crippen molar-refractivity contribution in [1.82, 2.24) is 15.2 Å². The summed E-state index contributed by atoms with van der Waals surface area (Å²) in [6.07, 6.45) is 4.81. The van der Waals surface area contributed by atoms with Crippen molar-refractivity contribution < 1.29 is 22.7 Å². The summed E-state index contributed by atoms with van der Waals surface area (Å²) in [6, 6.07) is 13.1. The number of amides is 1. The zero-order valence-electron chi connectivity index (χ0n) is 21.7. The van der Waals surface area contributed by atoms with Crippen molar-refractivity contribution >= 4 is 39.0 Å². The number of benzene rings is 2. The van der Waals surface area contributed by atoms with Gasteiger partial charge in [-0.25, -0.2) is 8.42 Å². The van der Waals surface area contributed by atoms with E-state index in [0.717, 1.165) is 41.3 Å². The van der Waals surface area contributed by atoms with Gasteiger partial charge in [0.25, 0.3) is 12.4 Å².